The number of imidazole rings is 1. The van der Waals surface area contributed by atoms with Crippen LogP contribution < -0.4 is 0 Å². The molecule has 0 unspecified atom stereocenters. The van der Waals surface area contributed by atoms with E-state index >= 15 is 0 Å². The molecule has 0 aromatic carbocycles. The molecule has 0 radical (unpaired) electrons. The summed E-state index contributed by atoms with van der Waals surface area (Å²) in [6.07, 6.45) is 5.07. The summed E-state index contributed by atoms with van der Waals surface area (Å²) in [6.45, 7) is 2.00. The highest BCUT2D eigenvalue weighted by Crippen LogP contribution is 2.34. The fourth-order valence-electron chi connectivity index (χ4n) is 2.12. The number of H-pyrrole nitrogens is 1. The fourth-order valence-corrected chi connectivity index (χ4v) is 2.12. The highest BCUT2D eigenvalue weighted by Gasteiger charge is 2.21. The molecule has 3 heteroatoms. The van der Waals surface area contributed by atoms with Crippen molar-refractivity contribution in [1.82, 2.24) is 9.97 Å². The van der Waals surface area contributed by atoms with Crippen LogP contribution in [0.3, 0.4) is 0 Å². The van der Waals surface area contributed by atoms with Crippen molar-refractivity contribution in [3.63, 3.8) is 0 Å². The Hall–Kier alpha value is -1.30. The number of aryl methyl sites for hydroxylation is 1. The van der Waals surface area contributed by atoms with E-state index in [1.165, 1.54) is 25.7 Å². The maximum absolute atomic E-state index is 8.67. The van der Waals surface area contributed by atoms with Gasteiger partial charge in [0.15, 0.2) is 0 Å². The molecule has 0 aliphatic heterocycles. The molecule has 0 amide bonds. The molecule has 2 rings (SSSR count). The van der Waals surface area contributed by atoms with Crippen LogP contribution in [0.1, 0.15) is 48.8 Å². The van der Waals surface area contributed by atoms with Crippen molar-refractivity contribution in [3.05, 3.63) is 17.2 Å². The smallest absolute Gasteiger partial charge is 0.210 e. The number of hydrogen-bond donors (Lipinski definition) is 1. The molecule has 3 nitrogen and oxygen atoms in total. The molecule has 13 heavy (non-hydrogen) atoms. The van der Waals surface area contributed by atoms with Gasteiger partial charge in [-0.25, -0.2) is 4.98 Å². The Labute approximate surface area is 77.8 Å². The Morgan fingerprint density at radius 2 is 2.15 bits per heavy atom. The van der Waals surface area contributed by atoms with Crippen molar-refractivity contribution in [2.24, 2.45) is 0 Å². The lowest BCUT2D eigenvalue weighted by molar-refractivity contribution is 0.696. The number of aromatic nitrogens is 2. The van der Waals surface area contributed by atoms with Crippen LogP contribution in [-0.2, 0) is 0 Å². The van der Waals surface area contributed by atoms with Gasteiger partial charge in [0, 0.05) is 11.6 Å². The van der Waals surface area contributed by atoms with Crippen molar-refractivity contribution in [1.29, 1.82) is 5.26 Å². The minimum absolute atomic E-state index is 0.458. The minimum Gasteiger partial charge on any atom is -0.333 e. The highest BCUT2D eigenvalue weighted by molar-refractivity contribution is 5.23. The number of aromatic amines is 1. The van der Waals surface area contributed by atoms with Gasteiger partial charge in [-0.15, -0.1) is 0 Å². The van der Waals surface area contributed by atoms with Crippen LogP contribution in [0.25, 0.3) is 0 Å². The predicted molar refractivity (Wildman–Crippen MR) is 49.2 cm³/mol. The van der Waals surface area contributed by atoms with E-state index in [4.69, 9.17) is 5.26 Å². The third-order valence-electron chi connectivity index (χ3n) is 2.77. The molecule has 1 N–H and O–H groups in total. The molecular weight excluding hydrogens is 162 g/mol. The SMILES string of the molecule is Cc1[nH]c(C#N)nc1C1CCCC1. The molecule has 0 spiro atoms. The van der Waals surface area contributed by atoms with Crippen molar-refractivity contribution < 1.29 is 0 Å². The molecule has 1 heterocycles. The van der Waals surface area contributed by atoms with Crippen LogP contribution in [0.15, 0.2) is 0 Å². The van der Waals surface area contributed by atoms with E-state index in [0.29, 0.717) is 11.7 Å². The van der Waals surface area contributed by atoms with Crippen LogP contribution in [0, 0.1) is 18.3 Å². The zero-order chi connectivity index (χ0) is 9.26. The first-order chi connectivity index (χ1) is 6.31. The average molecular weight is 175 g/mol. The van der Waals surface area contributed by atoms with Crippen molar-refractivity contribution >= 4 is 0 Å². The van der Waals surface area contributed by atoms with Crippen LogP contribution in [0.4, 0.5) is 0 Å². The molecule has 1 saturated carbocycles. The zero-order valence-corrected chi connectivity index (χ0v) is 7.80. The number of nitriles is 1. The molecule has 1 fully saturated rings. The van der Waals surface area contributed by atoms with E-state index in [0.717, 1.165) is 11.4 Å². The predicted octanol–water partition coefficient (Wildman–Crippen LogP) is 2.25. The summed E-state index contributed by atoms with van der Waals surface area (Å²) in [5.74, 6) is 1.05. The first-order valence-corrected chi connectivity index (χ1v) is 4.78. The maximum Gasteiger partial charge on any atom is 0.210 e. The van der Waals surface area contributed by atoms with Crippen LogP contribution in [0.5, 0.6) is 0 Å². The third-order valence-corrected chi connectivity index (χ3v) is 2.77. The molecular formula is C10H13N3. The molecule has 0 bridgehead atoms. The van der Waals surface area contributed by atoms with Gasteiger partial charge in [-0.05, 0) is 19.8 Å². The third kappa shape index (κ3) is 1.44. The van der Waals surface area contributed by atoms with Crippen molar-refractivity contribution in [2.45, 2.75) is 38.5 Å². The number of nitrogens with one attached hydrogen (secondary N) is 1. The van der Waals surface area contributed by atoms with Crippen LogP contribution in [-0.4, -0.2) is 9.97 Å². The Morgan fingerprint density at radius 1 is 1.46 bits per heavy atom. The summed E-state index contributed by atoms with van der Waals surface area (Å²) in [5.41, 5.74) is 2.19. The molecule has 1 aliphatic rings. The summed E-state index contributed by atoms with van der Waals surface area (Å²) in [4.78, 5) is 7.29. The van der Waals surface area contributed by atoms with Gasteiger partial charge in [-0.1, -0.05) is 12.8 Å². The number of rotatable bonds is 1. The lowest BCUT2D eigenvalue weighted by Crippen LogP contribution is -1.94. The second-order valence-corrected chi connectivity index (χ2v) is 3.69. The van der Waals surface area contributed by atoms with E-state index in [1.807, 2.05) is 13.0 Å². The van der Waals surface area contributed by atoms with E-state index in [2.05, 4.69) is 9.97 Å². The topological polar surface area (TPSA) is 52.5 Å². The summed E-state index contributed by atoms with van der Waals surface area (Å²) in [6, 6.07) is 2.04. The van der Waals surface area contributed by atoms with E-state index < -0.39 is 0 Å². The second kappa shape index (κ2) is 3.21. The van der Waals surface area contributed by atoms with Gasteiger partial charge in [-0.2, -0.15) is 5.26 Å². The fraction of sp³-hybridized carbons (Fsp3) is 0.600. The van der Waals surface area contributed by atoms with Crippen LogP contribution in [0.2, 0.25) is 0 Å². The van der Waals surface area contributed by atoms with Gasteiger partial charge < -0.3 is 4.98 Å². The Morgan fingerprint density at radius 3 is 2.69 bits per heavy atom. The molecule has 68 valence electrons. The Bertz CT molecular complexity index is 340. The van der Waals surface area contributed by atoms with Gasteiger partial charge in [-0.3, -0.25) is 0 Å². The van der Waals surface area contributed by atoms with Crippen LogP contribution >= 0.6 is 0 Å². The Balaban J connectivity index is 2.29. The Kier molecular flexibility index (Phi) is 2.05. The number of nitrogens with zero attached hydrogens (tertiary/aromatic N) is 2. The van der Waals surface area contributed by atoms with Crippen molar-refractivity contribution in [2.75, 3.05) is 0 Å². The zero-order valence-electron chi connectivity index (χ0n) is 7.80. The first-order valence-electron chi connectivity index (χ1n) is 4.78. The number of hydrogen-bond acceptors (Lipinski definition) is 2. The standard InChI is InChI=1S/C10H13N3/c1-7-10(8-4-2-3-5-8)13-9(6-11)12-7/h8H,2-5H2,1H3,(H,12,13). The normalized spacial score (nSPS) is 17.5. The first kappa shape index (κ1) is 8.31. The van der Waals surface area contributed by atoms with E-state index in [1.54, 1.807) is 0 Å². The van der Waals surface area contributed by atoms with E-state index in [-0.39, 0.29) is 0 Å². The summed E-state index contributed by atoms with van der Waals surface area (Å²) in [5, 5.41) is 8.67. The van der Waals surface area contributed by atoms with Gasteiger partial charge >= 0.3 is 0 Å². The lowest BCUT2D eigenvalue weighted by Gasteiger charge is -2.04. The lowest BCUT2D eigenvalue weighted by atomic mass is 10.0. The van der Waals surface area contributed by atoms with Gasteiger partial charge in [0.2, 0.25) is 5.82 Å². The van der Waals surface area contributed by atoms with Gasteiger partial charge in [0.25, 0.3) is 0 Å². The maximum atomic E-state index is 8.67. The second-order valence-electron chi connectivity index (χ2n) is 3.69. The molecule has 1 aliphatic carbocycles. The average Bonchev–Trinajstić information content (AvgIpc) is 2.72. The summed E-state index contributed by atoms with van der Waals surface area (Å²) in [7, 11) is 0. The monoisotopic (exact) mass is 175 g/mol. The molecule has 1 aromatic heterocycles. The molecule has 0 saturated heterocycles. The summed E-state index contributed by atoms with van der Waals surface area (Å²) < 4.78 is 0. The molecule has 1 aromatic rings. The van der Waals surface area contributed by atoms with Crippen molar-refractivity contribution in [3.8, 4) is 6.07 Å². The summed E-state index contributed by atoms with van der Waals surface area (Å²) >= 11 is 0. The largest absolute Gasteiger partial charge is 0.333 e. The quantitative estimate of drug-likeness (QED) is 0.711. The minimum atomic E-state index is 0.458. The van der Waals surface area contributed by atoms with Gasteiger partial charge in [0.05, 0.1) is 5.69 Å². The molecule has 0 atom stereocenters. The van der Waals surface area contributed by atoms with Gasteiger partial charge in [0.1, 0.15) is 6.07 Å². The highest BCUT2D eigenvalue weighted by atomic mass is 14.9. The van der Waals surface area contributed by atoms with E-state index in [9.17, 15) is 0 Å².